The molecule has 8 heteroatoms. The predicted octanol–water partition coefficient (Wildman–Crippen LogP) is 3.90. The first kappa shape index (κ1) is 27.3. The topological polar surface area (TPSA) is 105 Å². The van der Waals surface area contributed by atoms with E-state index in [4.69, 9.17) is 18.9 Å². The van der Waals surface area contributed by atoms with E-state index in [1.807, 2.05) is 0 Å². The zero-order chi connectivity index (χ0) is 23.6. The maximum atomic E-state index is 11.9. The molecule has 0 bridgehead atoms. The maximum absolute atomic E-state index is 11.9. The molecular weight excluding hydrogens is 416 g/mol. The maximum Gasteiger partial charge on any atom is 0.338 e. The fourth-order valence-electron chi connectivity index (χ4n) is 2.70. The molecule has 0 fully saturated rings. The molecule has 0 radical (unpaired) electrons. The van der Waals surface area contributed by atoms with Gasteiger partial charge in [0.25, 0.3) is 0 Å². The number of ether oxygens (including phenoxy) is 4. The Morgan fingerprint density at radius 3 is 1.53 bits per heavy atom. The van der Waals surface area contributed by atoms with Crippen LogP contribution in [0.25, 0.3) is 0 Å². The molecule has 1 aromatic carbocycles. The number of Topliss-reactive ketones (excluding diaryl/α,β-unsaturated/α-hetero) is 1. The van der Waals surface area contributed by atoms with Gasteiger partial charge in [-0.25, -0.2) is 4.79 Å². The first-order valence-corrected chi connectivity index (χ1v) is 11.0. The molecule has 0 unspecified atom stereocenters. The van der Waals surface area contributed by atoms with Crippen LogP contribution in [0.5, 0.6) is 0 Å². The summed E-state index contributed by atoms with van der Waals surface area (Å²) in [7, 11) is 1.63. The van der Waals surface area contributed by atoms with E-state index >= 15 is 0 Å². The molecular formula is C24H34O8. The highest BCUT2D eigenvalue weighted by molar-refractivity contribution is 5.96. The largest absolute Gasteiger partial charge is 0.466 e. The smallest absolute Gasteiger partial charge is 0.338 e. The standard InChI is InChI=1S/C24H34O8/c1-19(25)20-11-13-21(14-12-20)24(28)32-18-8-7-17-31-23(27)10-4-3-9-22(26)30-16-6-5-15-29-2/h11-14H,3-10,15-18H2,1-2H3. The molecule has 178 valence electrons. The molecule has 0 amide bonds. The highest BCUT2D eigenvalue weighted by Gasteiger charge is 2.09. The lowest BCUT2D eigenvalue weighted by molar-refractivity contribution is -0.146. The Hall–Kier alpha value is -2.74. The summed E-state index contributed by atoms with van der Waals surface area (Å²) in [4.78, 5) is 46.4. The lowest BCUT2D eigenvalue weighted by atomic mass is 10.1. The average Bonchev–Trinajstić information content (AvgIpc) is 2.78. The van der Waals surface area contributed by atoms with Crippen molar-refractivity contribution >= 4 is 23.7 Å². The van der Waals surface area contributed by atoms with Crippen LogP contribution in [0.3, 0.4) is 0 Å². The summed E-state index contributed by atoms with van der Waals surface area (Å²) in [5.74, 6) is -1.07. The first-order valence-electron chi connectivity index (χ1n) is 11.0. The van der Waals surface area contributed by atoms with E-state index in [1.165, 1.54) is 6.92 Å². The molecule has 0 aromatic heterocycles. The van der Waals surface area contributed by atoms with Gasteiger partial charge in [-0.1, -0.05) is 12.1 Å². The van der Waals surface area contributed by atoms with Gasteiger partial charge in [0, 0.05) is 32.1 Å². The second-order valence-corrected chi connectivity index (χ2v) is 7.32. The highest BCUT2D eigenvalue weighted by atomic mass is 16.5. The fourth-order valence-corrected chi connectivity index (χ4v) is 2.70. The van der Waals surface area contributed by atoms with Crippen molar-refractivity contribution in [2.75, 3.05) is 33.5 Å². The number of hydrogen-bond acceptors (Lipinski definition) is 8. The molecule has 0 spiro atoms. The van der Waals surface area contributed by atoms with Crippen molar-refractivity contribution in [3.05, 3.63) is 35.4 Å². The Morgan fingerprint density at radius 2 is 1.06 bits per heavy atom. The summed E-state index contributed by atoms with van der Waals surface area (Å²) in [6.45, 7) is 2.99. The van der Waals surface area contributed by atoms with Gasteiger partial charge in [0.15, 0.2) is 5.78 Å². The van der Waals surface area contributed by atoms with Gasteiger partial charge in [-0.2, -0.15) is 0 Å². The third kappa shape index (κ3) is 12.8. The second-order valence-electron chi connectivity index (χ2n) is 7.32. The van der Waals surface area contributed by atoms with Crippen LogP contribution in [0, 0.1) is 0 Å². The molecule has 0 aliphatic heterocycles. The Balaban J connectivity index is 1.99. The van der Waals surface area contributed by atoms with E-state index in [-0.39, 0.29) is 37.4 Å². The quantitative estimate of drug-likeness (QED) is 0.152. The fraction of sp³-hybridized carbons (Fsp3) is 0.583. The van der Waals surface area contributed by atoms with Crippen molar-refractivity contribution in [3.63, 3.8) is 0 Å². The van der Waals surface area contributed by atoms with Gasteiger partial charge in [-0.15, -0.1) is 0 Å². The minimum Gasteiger partial charge on any atom is -0.466 e. The minimum atomic E-state index is -0.453. The lowest BCUT2D eigenvalue weighted by Crippen LogP contribution is -2.10. The Kier molecular flexibility index (Phi) is 14.4. The van der Waals surface area contributed by atoms with Crippen molar-refractivity contribution in [1.29, 1.82) is 0 Å². The number of unbranched alkanes of at least 4 members (excludes halogenated alkanes) is 3. The van der Waals surface area contributed by atoms with E-state index in [0.717, 1.165) is 12.8 Å². The average molecular weight is 451 g/mol. The molecule has 0 heterocycles. The van der Waals surface area contributed by atoms with E-state index in [9.17, 15) is 19.2 Å². The zero-order valence-corrected chi connectivity index (χ0v) is 19.1. The van der Waals surface area contributed by atoms with Crippen LogP contribution in [0.15, 0.2) is 24.3 Å². The van der Waals surface area contributed by atoms with Crippen LogP contribution >= 0.6 is 0 Å². The van der Waals surface area contributed by atoms with Gasteiger partial charge in [0.05, 0.1) is 25.4 Å². The van der Waals surface area contributed by atoms with Gasteiger partial charge in [0.1, 0.15) is 0 Å². The molecule has 0 aliphatic rings. The molecule has 1 aromatic rings. The summed E-state index contributed by atoms with van der Waals surface area (Å²) < 4.78 is 20.3. The summed E-state index contributed by atoms with van der Waals surface area (Å²) in [6, 6.07) is 6.30. The van der Waals surface area contributed by atoms with Crippen molar-refractivity contribution < 1.29 is 38.1 Å². The monoisotopic (exact) mass is 450 g/mol. The van der Waals surface area contributed by atoms with E-state index in [2.05, 4.69) is 0 Å². The number of carbonyl (C=O) groups is 4. The van der Waals surface area contributed by atoms with Crippen LogP contribution < -0.4 is 0 Å². The Bertz CT molecular complexity index is 711. The molecule has 32 heavy (non-hydrogen) atoms. The number of benzene rings is 1. The predicted molar refractivity (Wildman–Crippen MR) is 117 cm³/mol. The molecule has 0 saturated heterocycles. The van der Waals surface area contributed by atoms with Crippen molar-refractivity contribution in [2.24, 2.45) is 0 Å². The normalized spacial score (nSPS) is 10.4. The molecule has 0 atom stereocenters. The van der Waals surface area contributed by atoms with E-state index in [1.54, 1.807) is 31.4 Å². The van der Waals surface area contributed by atoms with Crippen molar-refractivity contribution in [3.8, 4) is 0 Å². The molecule has 8 nitrogen and oxygen atoms in total. The first-order chi connectivity index (χ1) is 15.4. The number of hydrogen-bond donors (Lipinski definition) is 0. The highest BCUT2D eigenvalue weighted by Crippen LogP contribution is 2.08. The van der Waals surface area contributed by atoms with Crippen LogP contribution in [-0.2, 0) is 28.5 Å². The van der Waals surface area contributed by atoms with Gasteiger partial charge in [0.2, 0.25) is 0 Å². The van der Waals surface area contributed by atoms with E-state index < -0.39 is 5.97 Å². The summed E-state index contributed by atoms with van der Waals surface area (Å²) in [5.41, 5.74) is 0.924. The third-order valence-corrected chi connectivity index (χ3v) is 4.58. The van der Waals surface area contributed by atoms with Crippen molar-refractivity contribution in [1.82, 2.24) is 0 Å². The van der Waals surface area contributed by atoms with Crippen LogP contribution in [0.4, 0.5) is 0 Å². The minimum absolute atomic E-state index is 0.0635. The Labute approximate surface area is 189 Å². The second kappa shape index (κ2) is 16.9. The SMILES string of the molecule is COCCCCOC(=O)CCCCC(=O)OCCCCOC(=O)c1ccc(C(C)=O)cc1. The van der Waals surface area contributed by atoms with Crippen LogP contribution in [0.1, 0.15) is 79.0 Å². The number of rotatable bonds is 17. The van der Waals surface area contributed by atoms with Gasteiger partial charge in [-0.3, -0.25) is 14.4 Å². The number of carbonyl (C=O) groups excluding carboxylic acids is 4. The summed E-state index contributed by atoms with van der Waals surface area (Å²) in [6.07, 6.45) is 4.48. The number of ketones is 1. The zero-order valence-electron chi connectivity index (χ0n) is 19.1. The Morgan fingerprint density at radius 1 is 0.625 bits per heavy atom. The van der Waals surface area contributed by atoms with E-state index in [0.29, 0.717) is 56.4 Å². The molecule has 1 rings (SSSR count). The lowest BCUT2D eigenvalue weighted by Gasteiger charge is -2.07. The van der Waals surface area contributed by atoms with Gasteiger partial charge >= 0.3 is 17.9 Å². The molecule has 0 N–H and O–H groups in total. The van der Waals surface area contributed by atoms with Crippen LogP contribution in [-0.4, -0.2) is 57.2 Å². The van der Waals surface area contributed by atoms with Crippen molar-refractivity contribution in [2.45, 2.75) is 58.3 Å². The number of methoxy groups -OCH3 is 1. The van der Waals surface area contributed by atoms with Gasteiger partial charge in [-0.05, 0) is 57.6 Å². The summed E-state index contributed by atoms with van der Waals surface area (Å²) >= 11 is 0. The molecule has 0 saturated carbocycles. The number of esters is 3. The molecule has 0 aliphatic carbocycles. The third-order valence-electron chi connectivity index (χ3n) is 4.58. The van der Waals surface area contributed by atoms with Gasteiger partial charge < -0.3 is 18.9 Å². The summed E-state index contributed by atoms with van der Waals surface area (Å²) in [5, 5.41) is 0. The van der Waals surface area contributed by atoms with Crippen LogP contribution in [0.2, 0.25) is 0 Å².